The van der Waals surface area contributed by atoms with Crippen molar-refractivity contribution in [3.8, 4) is 11.5 Å². The first-order valence-corrected chi connectivity index (χ1v) is 7.65. The van der Waals surface area contributed by atoms with Gasteiger partial charge in [-0.05, 0) is 38.8 Å². The second kappa shape index (κ2) is 7.76. The molecule has 0 aliphatic heterocycles. The summed E-state index contributed by atoms with van der Waals surface area (Å²) < 4.78 is 11.1. The van der Waals surface area contributed by atoms with Gasteiger partial charge in [-0.15, -0.1) is 0 Å². The Morgan fingerprint density at radius 2 is 2.00 bits per heavy atom. The first kappa shape index (κ1) is 15.5. The lowest BCUT2D eigenvalue weighted by atomic mass is 10.2. The summed E-state index contributed by atoms with van der Waals surface area (Å²) in [6.45, 7) is 5.70. The maximum Gasteiger partial charge on any atom is 0.221 e. The fraction of sp³-hybridized carbons (Fsp3) is 0.562. The van der Waals surface area contributed by atoms with E-state index in [1.165, 1.54) is 0 Å². The topological polar surface area (TPSA) is 59.6 Å². The quantitative estimate of drug-likeness (QED) is 0.734. The largest absolute Gasteiger partial charge is 0.494 e. The predicted molar refractivity (Wildman–Crippen MR) is 83.1 cm³/mol. The van der Waals surface area contributed by atoms with Crippen molar-refractivity contribution in [1.82, 2.24) is 5.32 Å². The molecule has 0 atom stereocenters. The molecule has 0 spiro atoms. The number of rotatable bonds is 9. The van der Waals surface area contributed by atoms with E-state index in [4.69, 9.17) is 9.47 Å². The SMILES string of the molecule is CCOc1ccc(OCC)c(NCCC(=O)NC2CC2)c1. The van der Waals surface area contributed by atoms with E-state index in [0.29, 0.717) is 32.2 Å². The summed E-state index contributed by atoms with van der Waals surface area (Å²) in [5.41, 5.74) is 0.863. The number of hydrogen-bond acceptors (Lipinski definition) is 4. The van der Waals surface area contributed by atoms with E-state index in [-0.39, 0.29) is 5.91 Å². The Hall–Kier alpha value is -1.91. The fourth-order valence-corrected chi connectivity index (χ4v) is 2.02. The minimum absolute atomic E-state index is 0.101. The molecule has 2 rings (SSSR count). The van der Waals surface area contributed by atoms with Crippen LogP contribution in [0.4, 0.5) is 5.69 Å². The van der Waals surface area contributed by atoms with Crippen molar-refractivity contribution in [3.63, 3.8) is 0 Å². The Kier molecular flexibility index (Phi) is 5.72. The highest BCUT2D eigenvalue weighted by Gasteiger charge is 2.22. The van der Waals surface area contributed by atoms with Crippen LogP contribution in [0.2, 0.25) is 0 Å². The molecule has 21 heavy (non-hydrogen) atoms. The Morgan fingerprint density at radius 1 is 1.24 bits per heavy atom. The second-order valence-electron chi connectivity index (χ2n) is 5.04. The molecule has 5 heteroatoms. The number of carbonyl (C=O) groups excluding carboxylic acids is 1. The van der Waals surface area contributed by atoms with Gasteiger partial charge >= 0.3 is 0 Å². The van der Waals surface area contributed by atoms with Crippen molar-refractivity contribution in [3.05, 3.63) is 18.2 Å². The third kappa shape index (κ3) is 5.17. The van der Waals surface area contributed by atoms with Crippen LogP contribution in [0.1, 0.15) is 33.1 Å². The monoisotopic (exact) mass is 292 g/mol. The van der Waals surface area contributed by atoms with E-state index in [2.05, 4.69) is 10.6 Å². The average molecular weight is 292 g/mol. The molecule has 0 aromatic heterocycles. The van der Waals surface area contributed by atoms with Crippen LogP contribution in [0.15, 0.2) is 18.2 Å². The molecule has 5 nitrogen and oxygen atoms in total. The Labute approximate surface area is 126 Å². The highest BCUT2D eigenvalue weighted by molar-refractivity contribution is 5.77. The maximum atomic E-state index is 11.7. The van der Waals surface area contributed by atoms with Crippen LogP contribution in [0.25, 0.3) is 0 Å². The van der Waals surface area contributed by atoms with Gasteiger partial charge in [-0.2, -0.15) is 0 Å². The Balaban J connectivity index is 1.88. The van der Waals surface area contributed by atoms with E-state index in [0.717, 1.165) is 30.0 Å². The summed E-state index contributed by atoms with van der Waals surface area (Å²) in [4.78, 5) is 11.7. The standard InChI is InChI=1S/C16H24N2O3/c1-3-20-13-7-8-15(21-4-2)14(11-13)17-10-9-16(19)18-12-5-6-12/h7-8,11-12,17H,3-6,9-10H2,1-2H3,(H,18,19). The van der Waals surface area contributed by atoms with E-state index in [1.54, 1.807) is 0 Å². The van der Waals surface area contributed by atoms with Crippen LogP contribution in [0.5, 0.6) is 11.5 Å². The molecule has 1 amide bonds. The van der Waals surface area contributed by atoms with Gasteiger partial charge in [-0.25, -0.2) is 0 Å². The molecular weight excluding hydrogens is 268 g/mol. The van der Waals surface area contributed by atoms with Gasteiger partial charge in [0.1, 0.15) is 11.5 Å². The molecule has 0 radical (unpaired) electrons. The molecule has 1 aromatic carbocycles. The number of benzene rings is 1. The summed E-state index contributed by atoms with van der Waals surface area (Å²) >= 11 is 0. The van der Waals surface area contributed by atoms with Gasteiger partial charge in [0.05, 0.1) is 18.9 Å². The summed E-state index contributed by atoms with van der Waals surface area (Å²) in [5, 5.41) is 6.23. The molecule has 0 unspecified atom stereocenters. The minimum Gasteiger partial charge on any atom is -0.494 e. The zero-order valence-electron chi connectivity index (χ0n) is 12.8. The van der Waals surface area contributed by atoms with E-state index < -0.39 is 0 Å². The average Bonchev–Trinajstić information content (AvgIpc) is 3.26. The van der Waals surface area contributed by atoms with Gasteiger partial charge < -0.3 is 20.1 Å². The highest BCUT2D eigenvalue weighted by atomic mass is 16.5. The smallest absolute Gasteiger partial charge is 0.221 e. The molecule has 1 saturated carbocycles. The van der Waals surface area contributed by atoms with Crippen molar-refractivity contribution in [2.75, 3.05) is 25.1 Å². The van der Waals surface area contributed by atoms with Crippen LogP contribution in [-0.4, -0.2) is 31.7 Å². The first-order chi connectivity index (χ1) is 10.2. The van der Waals surface area contributed by atoms with Crippen molar-refractivity contribution in [1.29, 1.82) is 0 Å². The summed E-state index contributed by atoms with van der Waals surface area (Å²) in [5.74, 6) is 1.68. The third-order valence-corrected chi connectivity index (χ3v) is 3.17. The van der Waals surface area contributed by atoms with Gasteiger partial charge in [0.2, 0.25) is 5.91 Å². The Bertz CT molecular complexity index is 473. The van der Waals surface area contributed by atoms with Crippen molar-refractivity contribution in [2.45, 2.75) is 39.2 Å². The molecule has 1 aromatic rings. The molecular formula is C16H24N2O3. The number of carbonyl (C=O) groups is 1. The molecule has 1 aliphatic rings. The lowest BCUT2D eigenvalue weighted by Gasteiger charge is -2.14. The van der Waals surface area contributed by atoms with Gasteiger partial charge in [0.15, 0.2) is 0 Å². The van der Waals surface area contributed by atoms with Gasteiger partial charge in [-0.3, -0.25) is 4.79 Å². The number of hydrogen-bond donors (Lipinski definition) is 2. The molecule has 1 aliphatic carbocycles. The Morgan fingerprint density at radius 3 is 2.67 bits per heavy atom. The van der Waals surface area contributed by atoms with Gasteiger partial charge in [-0.1, -0.05) is 0 Å². The van der Waals surface area contributed by atoms with Gasteiger partial charge in [0, 0.05) is 25.1 Å². The molecule has 1 fully saturated rings. The number of anilines is 1. The number of amides is 1. The second-order valence-corrected chi connectivity index (χ2v) is 5.04. The molecule has 116 valence electrons. The predicted octanol–water partition coefficient (Wildman–Crippen LogP) is 2.56. The minimum atomic E-state index is 0.101. The van der Waals surface area contributed by atoms with Crippen molar-refractivity contribution < 1.29 is 14.3 Å². The molecule has 0 bridgehead atoms. The maximum absolute atomic E-state index is 11.7. The summed E-state index contributed by atoms with van der Waals surface area (Å²) in [6, 6.07) is 6.10. The zero-order chi connectivity index (χ0) is 15.1. The lowest BCUT2D eigenvalue weighted by Crippen LogP contribution is -2.27. The van der Waals surface area contributed by atoms with Crippen LogP contribution < -0.4 is 20.1 Å². The third-order valence-electron chi connectivity index (χ3n) is 3.17. The fourth-order valence-electron chi connectivity index (χ4n) is 2.02. The summed E-state index contributed by atoms with van der Waals surface area (Å²) in [7, 11) is 0. The van der Waals surface area contributed by atoms with Crippen molar-refractivity contribution in [2.24, 2.45) is 0 Å². The van der Waals surface area contributed by atoms with Crippen LogP contribution in [-0.2, 0) is 4.79 Å². The van der Waals surface area contributed by atoms with Gasteiger partial charge in [0.25, 0.3) is 0 Å². The highest BCUT2D eigenvalue weighted by Crippen LogP contribution is 2.29. The van der Waals surface area contributed by atoms with Crippen molar-refractivity contribution >= 4 is 11.6 Å². The van der Waals surface area contributed by atoms with Crippen LogP contribution >= 0.6 is 0 Å². The molecule has 0 heterocycles. The van der Waals surface area contributed by atoms with E-state index in [1.807, 2.05) is 32.0 Å². The first-order valence-electron chi connectivity index (χ1n) is 7.65. The van der Waals surface area contributed by atoms with E-state index in [9.17, 15) is 4.79 Å². The van der Waals surface area contributed by atoms with Crippen LogP contribution in [0, 0.1) is 0 Å². The number of nitrogens with one attached hydrogen (secondary N) is 2. The molecule has 0 saturated heterocycles. The van der Waals surface area contributed by atoms with E-state index >= 15 is 0 Å². The molecule has 2 N–H and O–H groups in total. The lowest BCUT2D eigenvalue weighted by molar-refractivity contribution is -0.120. The summed E-state index contributed by atoms with van der Waals surface area (Å²) in [6.07, 6.45) is 2.69. The van der Waals surface area contributed by atoms with Crippen LogP contribution in [0.3, 0.4) is 0 Å². The zero-order valence-corrected chi connectivity index (χ0v) is 12.8. The normalized spacial score (nSPS) is 13.6. The number of ether oxygens (including phenoxy) is 2.